The van der Waals surface area contributed by atoms with Crippen molar-refractivity contribution in [2.75, 3.05) is 5.32 Å². The first-order chi connectivity index (χ1) is 10.1. The van der Waals surface area contributed by atoms with Gasteiger partial charge in [-0.25, -0.2) is 4.79 Å². The Balaban J connectivity index is 1.91. The molecule has 7 heteroatoms. The number of nitrogens with zero attached hydrogens (tertiary/aromatic N) is 2. The molecule has 0 bridgehead atoms. The molecule has 1 amide bonds. The largest absolute Gasteiger partial charge is 0.437 e. The summed E-state index contributed by atoms with van der Waals surface area (Å²) in [6.45, 7) is 0. The monoisotopic (exact) mass is 285 g/mol. The van der Waals surface area contributed by atoms with E-state index in [1.807, 2.05) is 6.07 Å². The Labute approximate surface area is 120 Å². The van der Waals surface area contributed by atoms with E-state index in [0.717, 1.165) is 0 Å². The maximum atomic E-state index is 11.4. The number of hydrogen-bond acceptors (Lipinski definition) is 5. The summed E-state index contributed by atoms with van der Waals surface area (Å²) in [5.41, 5.74) is 0.970. The van der Waals surface area contributed by atoms with E-state index in [9.17, 15) is 14.9 Å². The van der Waals surface area contributed by atoms with Crippen molar-refractivity contribution in [3.63, 3.8) is 0 Å². The third-order valence-electron chi connectivity index (χ3n) is 2.44. The summed E-state index contributed by atoms with van der Waals surface area (Å²) < 4.78 is 0. The molecule has 0 atom stereocenters. The third kappa shape index (κ3) is 4.43. The number of amides is 1. The smallest absolute Gasteiger partial charge is 0.298 e. The van der Waals surface area contributed by atoms with Crippen LogP contribution in [0, 0.1) is 10.1 Å². The predicted molar refractivity (Wildman–Crippen MR) is 77.2 cm³/mol. The molecule has 0 aliphatic carbocycles. The van der Waals surface area contributed by atoms with Crippen LogP contribution in [-0.4, -0.2) is 17.2 Å². The van der Waals surface area contributed by atoms with Gasteiger partial charge in [-0.1, -0.05) is 35.5 Å². The molecule has 1 N–H and O–H groups in total. The number of carbonyl (C=O) groups excluding carboxylic acids is 1. The first kappa shape index (κ1) is 14.2. The topological polar surface area (TPSA) is 93.8 Å². The average molecular weight is 285 g/mol. The molecule has 0 spiro atoms. The molecule has 0 unspecified atom stereocenters. The Hall–Kier alpha value is -3.22. The van der Waals surface area contributed by atoms with Crippen LogP contribution in [0.25, 0.3) is 0 Å². The van der Waals surface area contributed by atoms with Gasteiger partial charge < -0.3 is 0 Å². The van der Waals surface area contributed by atoms with Gasteiger partial charge in [0.25, 0.3) is 5.69 Å². The van der Waals surface area contributed by atoms with Crippen molar-refractivity contribution >= 4 is 23.7 Å². The molecule has 2 aromatic rings. The second kappa shape index (κ2) is 6.80. The van der Waals surface area contributed by atoms with Crippen LogP contribution >= 0.6 is 0 Å². The fourth-order valence-corrected chi connectivity index (χ4v) is 1.52. The number of nitro groups is 1. The van der Waals surface area contributed by atoms with Gasteiger partial charge >= 0.3 is 6.09 Å². The Morgan fingerprint density at radius 3 is 2.67 bits per heavy atom. The lowest BCUT2D eigenvalue weighted by atomic mass is 10.2. The second-order valence-electron chi connectivity index (χ2n) is 3.96. The highest BCUT2D eigenvalue weighted by molar-refractivity contribution is 5.86. The summed E-state index contributed by atoms with van der Waals surface area (Å²) in [5.74, 6) is 0. The van der Waals surface area contributed by atoms with Gasteiger partial charge in [0, 0.05) is 23.4 Å². The fourth-order valence-electron chi connectivity index (χ4n) is 1.52. The van der Waals surface area contributed by atoms with Gasteiger partial charge in [0.15, 0.2) is 0 Å². The molecule has 2 rings (SSSR count). The molecule has 0 aliphatic rings. The number of hydrogen-bond donors (Lipinski definition) is 1. The molecule has 106 valence electrons. The molecular formula is C14H11N3O4. The lowest BCUT2D eigenvalue weighted by Gasteiger charge is -2.01. The molecule has 2 aromatic carbocycles. The zero-order valence-electron chi connectivity index (χ0n) is 10.8. The van der Waals surface area contributed by atoms with Gasteiger partial charge in [-0.05, 0) is 12.1 Å². The van der Waals surface area contributed by atoms with E-state index in [-0.39, 0.29) is 5.69 Å². The highest BCUT2D eigenvalue weighted by atomic mass is 16.7. The summed E-state index contributed by atoms with van der Waals surface area (Å²) in [4.78, 5) is 26.1. The molecule has 0 aromatic heterocycles. The summed E-state index contributed by atoms with van der Waals surface area (Å²) in [7, 11) is 0. The fraction of sp³-hybridized carbons (Fsp3) is 0. The minimum atomic E-state index is -0.747. The molecule has 0 aliphatic heterocycles. The van der Waals surface area contributed by atoms with Crippen LogP contribution in [0.2, 0.25) is 0 Å². The highest BCUT2D eigenvalue weighted by Gasteiger charge is 2.05. The number of anilines is 1. The van der Waals surface area contributed by atoms with E-state index in [1.165, 1.54) is 24.4 Å². The summed E-state index contributed by atoms with van der Waals surface area (Å²) in [5, 5.41) is 16.6. The Morgan fingerprint density at radius 2 is 1.95 bits per heavy atom. The van der Waals surface area contributed by atoms with Crippen LogP contribution in [0.15, 0.2) is 59.8 Å². The second-order valence-corrected chi connectivity index (χ2v) is 3.96. The Morgan fingerprint density at radius 1 is 1.19 bits per heavy atom. The van der Waals surface area contributed by atoms with Gasteiger partial charge in [-0.3, -0.25) is 20.3 Å². The first-order valence-electron chi connectivity index (χ1n) is 5.96. The molecule has 0 heterocycles. The van der Waals surface area contributed by atoms with Crippen molar-refractivity contribution in [2.24, 2.45) is 5.16 Å². The number of rotatable bonds is 4. The maximum absolute atomic E-state index is 11.4. The summed E-state index contributed by atoms with van der Waals surface area (Å²) in [6, 6.07) is 14.6. The van der Waals surface area contributed by atoms with Crippen molar-refractivity contribution in [2.45, 2.75) is 0 Å². The van der Waals surface area contributed by atoms with Crippen molar-refractivity contribution in [1.82, 2.24) is 0 Å². The number of carbonyl (C=O) groups is 1. The van der Waals surface area contributed by atoms with E-state index in [0.29, 0.717) is 11.3 Å². The van der Waals surface area contributed by atoms with Gasteiger partial charge in [0.2, 0.25) is 0 Å². The van der Waals surface area contributed by atoms with E-state index in [1.54, 1.807) is 30.3 Å². The quantitative estimate of drug-likeness (QED) is 0.404. The standard InChI is InChI=1S/C14H11N3O4/c18-14(16-12-6-2-1-3-7-12)21-15-10-11-5-4-8-13(9-11)17(19)20/h1-10H,(H,16,18)/b15-10+. The van der Waals surface area contributed by atoms with Crippen molar-refractivity contribution in [3.05, 3.63) is 70.3 Å². The highest BCUT2D eigenvalue weighted by Crippen LogP contribution is 2.11. The summed E-state index contributed by atoms with van der Waals surface area (Å²) in [6.07, 6.45) is 0.472. The summed E-state index contributed by atoms with van der Waals surface area (Å²) >= 11 is 0. The minimum absolute atomic E-state index is 0.0623. The maximum Gasteiger partial charge on any atom is 0.437 e. The zero-order chi connectivity index (χ0) is 15.1. The Bertz CT molecular complexity index is 671. The van der Waals surface area contributed by atoms with Crippen LogP contribution < -0.4 is 5.32 Å². The van der Waals surface area contributed by atoms with E-state index in [4.69, 9.17) is 0 Å². The van der Waals surface area contributed by atoms with Gasteiger partial charge in [0.1, 0.15) is 0 Å². The number of non-ortho nitro benzene ring substituents is 1. The van der Waals surface area contributed by atoms with Crippen LogP contribution in [0.4, 0.5) is 16.2 Å². The van der Waals surface area contributed by atoms with Crippen LogP contribution in [-0.2, 0) is 4.84 Å². The zero-order valence-corrected chi connectivity index (χ0v) is 10.8. The van der Waals surface area contributed by atoms with Gasteiger partial charge in [-0.2, -0.15) is 0 Å². The number of oxime groups is 1. The van der Waals surface area contributed by atoms with Crippen molar-refractivity contribution in [1.29, 1.82) is 0 Å². The van der Waals surface area contributed by atoms with Crippen LogP contribution in [0.3, 0.4) is 0 Å². The molecule has 0 saturated heterocycles. The van der Waals surface area contributed by atoms with Crippen LogP contribution in [0.5, 0.6) is 0 Å². The lowest BCUT2D eigenvalue weighted by Crippen LogP contribution is -2.10. The molecule has 0 radical (unpaired) electrons. The van der Waals surface area contributed by atoms with Gasteiger partial charge in [0.05, 0.1) is 11.1 Å². The predicted octanol–water partition coefficient (Wildman–Crippen LogP) is 3.18. The lowest BCUT2D eigenvalue weighted by molar-refractivity contribution is -0.384. The minimum Gasteiger partial charge on any atom is -0.298 e. The van der Waals surface area contributed by atoms with Crippen molar-refractivity contribution in [3.8, 4) is 0 Å². The van der Waals surface area contributed by atoms with Gasteiger partial charge in [-0.15, -0.1) is 0 Å². The number of benzene rings is 2. The van der Waals surface area contributed by atoms with Crippen LogP contribution in [0.1, 0.15) is 5.56 Å². The number of nitrogens with one attached hydrogen (secondary N) is 1. The van der Waals surface area contributed by atoms with E-state index in [2.05, 4.69) is 15.3 Å². The third-order valence-corrected chi connectivity index (χ3v) is 2.44. The SMILES string of the molecule is O=C(Nc1ccccc1)O/N=C/c1cccc([N+](=O)[O-])c1. The molecular weight excluding hydrogens is 274 g/mol. The average Bonchev–Trinajstić information content (AvgIpc) is 2.48. The van der Waals surface area contributed by atoms with Crippen molar-refractivity contribution < 1.29 is 14.6 Å². The van der Waals surface area contributed by atoms with E-state index < -0.39 is 11.0 Å². The Kier molecular flexibility index (Phi) is 4.60. The molecule has 7 nitrogen and oxygen atoms in total. The normalized spacial score (nSPS) is 10.3. The molecule has 0 saturated carbocycles. The number of para-hydroxylation sites is 1. The van der Waals surface area contributed by atoms with E-state index >= 15 is 0 Å². The molecule has 21 heavy (non-hydrogen) atoms. The number of nitro benzene ring substituents is 1. The molecule has 0 fully saturated rings. The first-order valence-corrected chi connectivity index (χ1v) is 5.96.